The largest absolute Gasteiger partial charge is 0.372 e. The normalized spacial score (nSPS) is 18.0. The zero-order chi connectivity index (χ0) is 30.6. The molecule has 2 nitrogen and oxygen atoms in total. The molecule has 0 saturated heterocycles. The molecular weight excluding hydrogens is 541 g/mol. The molecule has 3 heteroatoms. The fraction of sp³-hybridized carbons (Fsp3) is 0.375. The van der Waals surface area contributed by atoms with E-state index in [4.69, 9.17) is 4.98 Å². The lowest BCUT2D eigenvalue weighted by atomic mass is 9.66. The van der Waals surface area contributed by atoms with E-state index in [-0.39, 0.29) is 11.5 Å². The number of rotatable bonds is 5. The molecule has 1 aromatic heterocycles. The number of aromatic nitrogens is 1. The summed E-state index contributed by atoms with van der Waals surface area (Å²) in [6, 6.07) is 27.1. The number of nitrogens with zero attached hydrogens (tertiary/aromatic N) is 1. The maximum atomic E-state index is 5.45. The van der Waals surface area contributed by atoms with Crippen LogP contribution in [0.4, 0.5) is 5.69 Å². The lowest BCUT2D eigenvalue weighted by Crippen LogP contribution is -2.32. The SMILES string of the molecule is CC(C)c1cc(C(C)C)c2c(c1)C(C)C(C)(C)c1cccc(C(C)C)c1NC2c1nc(-c2cccc3ccccc23)cs1. The first-order chi connectivity index (χ1) is 20.5. The molecule has 1 aliphatic rings. The van der Waals surface area contributed by atoms with Gasteiger partial charge < -0.3 is 5.32 Å². The van der Waals surface area contributed by atoms with Gasteiger partial charge in [-0.3, -0.25) is 0 Å². The van der Waals surface area contributed by atoms with Gasteiger partial charge in [-0.2, -0.15) is 0 Å². The number of fused-ring (bicyclic) bond motifs is 3. The van der Waals surface area contributed by atoms with Crippen molar-refractivity contribution in [2.45, 2.75) is 97.4 Å². The molecule has 2 heterocycles. The van der Waals surface area contributed by atoms with Gasteiger partial charge in [-0.1, -0.05) is 135 Å². The second-order valence-corrected chi connectivity index (χ2v) is 14.9. The second-order valence-electron chi connectivity index (χ2n) is 14.0. The van der Waals surface area contributed by atoms with Crippen molar-refractivity contribution in [1.29, 1.82) is 0 Å². The van der Waals surface area contributed by atoms with E-state index in [2.05, 4.69) is 146 Å². The summed E-state index contributed by atoms with van der Waals surface area (Å²) in [6.45, 7) is 21.3. The topological polar surface area (TPSA) is 24.9 Å². The van der Waals surface area contributed by atoms with Crippen LogP contribution >= 0.6 is 11.3 Å². The molecule has 222 valence electrons. The third-order valence-corrected chi connectivity index (χ3v) is 10.8. The highest BCUT2D eigenvalue weighted by molar-refractivity contribution is 7.10. The molecule has 43 heavy (non-hydrogen) atoms. The van der Waals surface area contributed by atoms with E-state index >= 15 is 0 Å². The first-order valence-electron chi connectivity index (χ1n) is 16.0. The molecule has 0 saturated carbocycles. The summed E-state index contributed by atoms with van der Waals surface area (Å²) in [7, 11) is 0. The number of thiazole rings is 1. The van der Waals surface area contributed by atoms with E-state index in [1.54, 1.807) is 11.3 Å². The van der Waals surface area contributed by atoms with Crippen molar-refractivity contribution in [3.8, 4) is 11.3 Å². The van der Waals surface area contributed by atoms with Gasteiger partial charge in [0.1, 0.15) is 11.0 Å². The van der Waals surface area contributed by atoms with E-state index < -0.39 is 0 Å². The van der Waals surface area contributed by atoms with Crippen LogP contribution in [0.2, 0.25) is 0 Å². The second kappa shape index (κ2) is 11.2. The molecule has 0 aliphatic carbocycles. The van der Waals surface area contributed by atoms with Gasteiger partial charge in [-0.05, 0) is 73.2 Å². The predicted molar refractivity (Wildman–Crippen MR) is 187 cm³/mol. The molecule has 0 fully saturated rings. The third kappa shape index (κ3) is 5.10. The van der Waals surface area contributed by atoms with Crippen molar-refractivity contribution in [2.24, 2.45) is 0 Å². The van der Waals surface area contributed by atoms with Crippen LogP contribution in [0, 0.1) is 0 Å². The van der Waals surface area contributed by atoms with Crippen LogP contribution in [0.25, 0.3) is 22.0 Å². The fourth-order valence-electron chi connectivity index (χ4n) is 6.99. The summed E-state index contributed by atoms with van der Waals surface area (Å²) in [5, 5.41) is 10.1. The molecule has 6 rings (SSSR count). The van der Waals surface area contributed by atoms with Gasteiger partial charge >= 0.3 is 0 Å². The first-order valence-corrected chi connectivity index (χ1v) is 16.9. The summed E-state index contributed by atoms with van der Waals surface area (Å²) < 4.78 is 0. The van der Waals surface area contributed by atoms with Crippen molar-refractivity contribution < 1.29 is 0 Å². The molecule has 0 amide bonds. The molecule has 2 unspecified atom stereocenters. The summed E-state index contributed by atoms with van der Waals surface area (Å²) in [5.74, 6) is 1.59. The Balaban J connectivity index is 1.64. The van der Waals surface area contributed by atoms with Crippen molar-refractivity contribution in [2.75, 3.05) is 5.32 Å². The summed E-state index contributed by atoms with van der Waals surface area (Å²) in [6.07, 6.45) is 0. The molecule has 2 atom stereocenters. The maximum absolute atomic E-state index is 5.45. The Labute approximate surface area is 262 Å². The van der Waals surface area contributed by atoms with E-state index in [9.17, 15) is 0 Å². The van der Waals surface area contributed by atoms with Gasteiger partial charge in [0, 0.05) is 16.6 Å². The molecule has 0 radical (unpaired) electrons. The van der Waals surface area contributed by atoms with Crippen molar-refractivity contribution >= 4 is 27.8 Å². The van der Waals surface area contributed by atoms with Gasteiger partial charge in [0.05, 0.1) is 5.69 Å². The van der Waals surface area contributed by atoms with E-state index in [0.29, 0.717) is 23.7 Å². The van der Waals surface area contributed by atoms with Gasteiger partial charge in [0.2, 0.25) is 0 Å². The van der Waals surface area contributed by atoms with Gasteiger partial charge in [0.15, 0.2) is 0 Å². The van der Waals surface area contributed by atoms with Crippen molar-refractivity contribution in [3.05, 3.63) is 117 Å². The molecule has 0 spiro atoms. The lowest BCUT2D eigenvalue weighted by molar-refractivity contribution is 0.429. The highest BCUT2D eigenvalue weighted by Gasteiger charge is 2.39. The number of hydrogen-bond acceptors (Lipinski definition) is 3. The van der Waals surface area contributed by atoms with E-state index in [0.717, 1.165) is 10.7 Å². The zero-order valence-corrected chi connectivity index (χ0v) is 28.1. The van der Waals surface area contributed by atoms with Crippen LogP contribution in [0.3, 0.4) is 0 Å². The number of para-hydroxylation sites is 1. The van der Waals surface area contributed by atoms with Gasteiger partial charge in [0.25, 0.3) is 0 Å². The smallest absolute Gasteiger partial charge is 0.120 e. The van der Waals surface area contributed by atoms with E-state index in [1.165, 1.54) is 55.4 Å². The zero-order valence-electron chi connectivity index (χ0n) is 27.2. The highest BCUT2D eigenvalue weighted by atomic mass is 32.1. The van der Waals surface area contributed by atoms with Crippen LogP contribution in [0.15, 0.2) is 78.2 Å². The molecular formula is C40H46N2S. The number of nitrogens with one attached hydrogen (secondary N) is 1. The van der Waals surface area contributed by atoms with Gasteiger partial charge in [-0.25, -0.2) is 4.98 Å². The lowest BCUT2D eigenvalue weighted by Gasteiger charge is -2.42. The first kappa shape index (κ1) is 29.6. The van der Waals surface area contributed by atoms with Crippen molar-refractivity contribution in [1.82, 2.24) is 4.98 Å². The van der Waals surface area contributed by atoms with Crippen LogP contribution < -0.4 is 5.32 Å². The summed E-state index contributed by atoms with van der Waals surface area (Å²) in [4.78, 5) is 5.45. The Morgan fingerprint density at radius 3 is 2.21 bits per heavy atom. The van der Waals surface area contributed by atoms with Crippen LogP contribution in [-0.4, -0.2) is 4.98 Å². The van der Waals surface area contributed by atoms with E-state index in [1.807, 2.05) is 0 Å². The van der Waals surface area contributed by atoms with Crippen molar-refractivity contribution in [3.63, 3.8) is 0 Å². The molecule has 4 aromatic carbocycles. The molecule has 5 aromatic rings. The molecule has 0 bridgehead atoms. The average Bonchev–Trinajstić information content (AvgIpc) is 3.47. The summed E-state index contributed by atoms with van der Waals surface area (Å²) >= 11 is 1.79. The van der Waals surface area contributed by atoms with Crippen LogP contribution in [0.5, 0.6) is 0 Å². The number of hydrogen-bond donors (Lipinski definition) is 1. The third-order valence-electron chi connectivity index (χ3n) is 9.93. The minimum Gasteiger partial charge on any atom is -0.372 e. The fourth-order valence-corrected chi connectivity index (χ4v) is 7.87. The predicted octanol–water partition coefficient (Wildman–Crippen LogP) is 11.9. The Hall–Kier alpha value is -3.43. The molecule has 1 aliphatic heterocycles. The highest BCUT2D eigenvalue weighted by Crippen LogP contribution is 2.51. The minimum absolute atomic E-state index is 0.0421. The maximum Gasteiger partial charge on any atom is 0.120 e. The average molecular weight is 587 g/mol. The Morgan fingerprint density at radius 1 is 0.791 bits per heavy atom. The monoisotopic (exact) mass is 586 g/mol. The Bertz CT molecular complexity index is 1780. The summed E-state index contributed by atoms with van der Waals surface area (Å²) in [5.41, 5.74) is 12.0. The van der Waals surface area contributed by atoms with Crippen LogP contribution in [-0.2, 0) is 5.41 Å². The van der Waals surface area contributed by atoms with Gasteiger partial charge in [-0.15, -0.1) is 11.3 Å². The number of anilines is 1. The minimum atomic E-state index is -0.0617. The molecule has 1 N–H and O–H groups in total. The standard InChI is InChI=1S/C40H46N2S/c1-23(2)28-20-32(25(5)6)36-33(21-28)26(7)40(8,9)34-19-13-17-29(24(3)4)37(34)42-38(36)39-41-35(22-43-39)31-18-12-15-27-14-10-11-16-30(27)31/h10-26,38,42H,1-9H3. The number of benzene rings is 4. The Morgan fingerprint density at radius 2 is 1.49 bits per heavy atom. The van der Waals surface area contributed by atoms with Crippen LogP contribution in [0.1, 0.15) is 130 Å². The quantitative estimate of drug-likeness (QED) is 0.222. The Kier molecular flexibility index (Phi) is 7.75.